The largest absolute Gasteiger partial charge is 0.348 e. The Bertz CT molecular complexity index is 627. The Morgan fingerprint density at radius 3 is 2.44 bits per heavy atom. The van der Waals surface area contributed by atoms with Gasteiger partial charge in [0, 0.05) is 30.8 Å². The molecule has 6 nitrogen and oxygen atoms in total. The normalized spacial score (nSPS) is 16.2. The molecule has 0 spiro atoms. The maximum absolute atomic E-state index is 12.8. The number of hydroxylamine groups is 2. The van der Waals surface area contributed by atoms with E-state index in [0.717, 1.165) is 18.0 Å². The number of amides is 2. The van der Waals surface area contributed by atoms with Gasteiger partial charge in [0.05, 0.1) is 7.11 Å². The summed E-state index contributed by atoms with van der Waals surface area (Å²) in [6.07, 6.45) is 7.45. The van der Waals surface area contributed by atoms with Gasteiger partial charge in [0.25, 0.3) is 11.8 Å². The van der Waals surface area contributed by atoms with E-state index in [9.17, 15) is 9.59 Å². The Kier molecular flexibility index (Phi) is 8.25. The Morgan fingerprint density at radius 1 is 1.15 bits per heavy atom. The van der Waals surface area contributed by atoms with Gasteiger partial charge in [-0.25, -0.2) is 5.06 Å². The molecule has 0 aliphatic heterocycles. The second-order valence-corrected chi connectivity index (χ2v) is 7.74. The van der Waals surface area contributed by atoms with Crippen molar-refractivity contribution < 1.29 is 14.4 Å². The third kappa shape index (κ3) is 6.63. The summed E-state index contributed by atoms with van der Waals surface area (Å²) >= 11 is 0. The van der Waals surface area contributed by atoms with Crippen molar-refractivity contribution in [3.63, 3.8) is 0 Å². The number of hydrogen-bond acceptors (Lipinski definition) is 4. The van der Waals surface area contributed by atoms with Crippen molar-refractivity contribution in [1.29, 1.82) is 0 Å². The molecule has 6 heteroatoms. The molecule has 27 heavy (non-hydrogen) atoms. The van der Waals surface area contributed by atoms with Gasteiger partial charge in [0.2, 0.25) is 0 Å². The van der Waals surface area contributed by atoms with Gasteiger partial charge < -0.3 is 10.2 Å². The Labute approximate surface area is 162 Å². The molecule has 1 N–H and O–H groups in total. The zero-order chi connectivity index (χ0) is 19.8. The fourth-order valence-electron chi connectivity index (χ4n) is 3.77. The first-order valence-corrected chi connectivity index (χ1v) is 9.78. The van der Waals surface area contributed by atoms with E-state index >= 15 is 0 Å². The summed E-state index contributed by atoms with van der Waals surface area (Å²) in [5.41, 5.74) is 0.932. The molecule has 0 saturated heterocycles. The van der Waals surface area contributed by atoms with Crippen LogP contribution < -0.4 is 5.32 Å². The number of carbonyl (C=O) groups is 2. The summed E-state index contributed by atoms with van der Waals surface area (Å²) in [5, 5.41) is 4.33. The fourth-order valence-corrected chi connectivity index (χ4v) is 3.77. The molecule has 1 aliphatic carbocycles. The first-order chi connectivity index (χ1) is 12.9. The van der Waals surface area contributed by atoms with Crippen LogP contribution in [-0.4, -0.2) is 62.6 Å². The molecule has 2 rings (SSSR count). The van der Waals surface area contributed by atoms with E-state index in [-0.39, 0.29) is 17.9 Å². The molecule has 0 radical (unpaired) electrons. The predicted octanol–water partition coefficient (Wildman–Crippen LogP) is 2.95. The Morgan fingerprint density at radius 2 is 1.81 bits per heavy atom. The van der Waals surface area contributed by atoms with Gasteiger partial charge in [-0.15, -0.1) is 0 Å². The lowest BCUT2D eigenvalue weighted by Crippen LogP contribution is -2.43. The molecule has 1 aromatic carbocycles. The maximum atomic E-state index is 12.8. The van der Waals surface area contributed by atoms with Crippen LogP contribution in [0.1, 0.15) is 59.2 Å². The molecule has 1 fully saturated rings. The van der Waals surface area contributed by atoms with Gasteiger partial charge in [-0.3, -0.25) is 14.4 Å². The number of hydrogen-bond donors (Lipinski definition) is 1. The molecule has 0 unspecified atom stereocenters. The SMILES string of the molecule is CON(C)C(=O)c1cccc(C(=O)N[C@@H](CC2CCCCC2)CN(C)C)c1. The average molecular weight is 376 g/mol. The first-order valence-electron chi connectivity index (χ1n) is 9.78. The van der Waals surface area contributed by atoms with Gasteiger partial charge in [-0.05, 0) is 44.6 Å². The molecule has 1 atom stereocenters. The molecule has 1 saturated carbocycles. The van der Waals surface area contributed by atoms with Crippen LogP contribution >= 0.6 is 0 Å². The predicted molar refractivity (Wildman–Crippen MR) is 107 cm³/mol. The fraction of sp³-hybridized carbons (Fsp3) is 0.619. The molecule has 0 aromatic heterocycles. The summed E-state index contributed by atoms with van der Waals surface area (Å²) in [5.74, 6) is 0.277. The lowest BCUT2D eigenvalue weighted by Gasteiger charge is -2.29. The van der Waals surface area contributed by atoms with E-state index in [1.54, 1.807) is 31.3 Å². The van der Waals surface area contributed by atoms with Crippen LogP contribution in [0.25, 0.3) is 0 Å². The van der Waals surface area contributed by atoms with E-state index in [1.807, 2.05) is 14.1 Å². The number of benzene rings is 1. The van der Waals surface area contributed by atoms with Crippen molar-refractivity contribution >= 4 is 11.8 Å². The molecule has 2 amide bonds. The first kappa shape index (κ1) is 21.4. The molecular formula is C21H33N3O3. The van der Waals surface area contributed by atoms with Crippen LogP contribution in [0.5, 0.6) is 0 Å². The van der Waals surface area contributed by atoms with E-state index in [0.29, 0.717) is 17.0 Å². The van der Waals surface area contributed by atoms with Crippen LogP contribution in [0.4, 0.5) is 0 Å². The highest BCUT2D eigenvalue weighted by Crippen LogP contribution is 2.27. The third-order valence-electron chi connectivity index (χ3n) is 5.19. The minimum absolute atomic E-state index is 0.108. The van der Waals surface area contributed by atoms with Crippen LogP contribution in [-0.2, 0) is 4.84 Å². The third-order valence-corrected chi connectivity index (χ3v) is 5.19. The van der Waals surface area contributed by atoms with Gasteiger partial charge in [0.1, 0.15) is 0 Å². The van der Waals surface area contributed by atoms with E-state index in [2.05, 4.69) is 10.2 Å². The number of carbonyl (C=O) groups excluding carboxylic acids is 2. The van der Waals surface area contributed by atoms with Crippen LogP contribution in [0.15, 0.2) is 24.3 Å². The highest BCUT2D eigenvalue weighted by atomic mass is 16.7. The number of nitrogens with one attached hydrogen (secondary N) is 1. The number of rotatable bonds is 8. The molecule has 0 bridgehead atoms. The van der Waals surface area contributed by atoms with Crippen molar-refractivity contribution in [2.45, 2.75) is 44.6 Å². The molecule has 1 aliphatic rings. The second-order valence-electron chi connectivity index (χ2n) is 7.74. The monoisotopic (exact) mass is 375 g/mol. The molecular weight excluding hydrogens is 342 g/mol. The van der Waals surface area contributed by atoms with Gasteiger partial charge in [0.15, 0.2) is 0 Å². The lowest BCUT2D eigenvalue weighted by molar-refractivity contribution is -0.0757. The maximum Gasteiger partial charge on any atom is 0.277 e. The zero-order valence-corrected chi connectivity index (χ0v) is 17.0. The summed E-state index contributed by atoms with van der Waals surface area (Å²) in [7, 11) is 7.04. The van der Waals surface area contributed by atoms with Crippen molar-refractivity contribution in [2.24, 2.45) is 5.92 Å². The van der Waals surface area contributed by atoms with Crippen molar-refractivity contribution in [2.75, 3.05) is 34.8 Å². The highest BCUT2D eigenvalue weighted by molar-refractivity contribution is 5.99. The Hall–Kier alpha value is -1.92. The molecule has 150 valence electrons. The van der Waals surface area contributed by atoms with Crippen LogP contribution in [0.2, 0.25) is 0 Å². The quantitative estimate of drug-likeness (QED) is 0.710. The standard InChI is InChI=1S/C21H33N3O3/c1-23(2)15-19(13-16-9-6-5-7-10-16)22-20(25)17-11-8-12-18(14-17)21(26)24(3)27-4/h8,11-12,14,16,19H,5-7,9-10,13,15H2,1-4H3,(H,22,25)/t19-/m0/s1. The van der Waals surface area contributed by atoms with Crippen LogP contribution in [0, 0.1) is 5.92 Å². The van der Waals surface area contributed by atoms with Gasteiger partial charge >= 0.3 is 0 Å². The zero-order valence-electron chi connectivity index (χ0n) is 17.0. The minimum atomic E-state index is -0.279. The lowest BCUT2D eigenvalue weighted by atomic mass is 9.84. The van der Waals surface area contributed by atoms with Crippen molar-refractivity contribution in [3.05, 3.63) is 35.4 Å². The average Bonchev–Trinajstić information content (AvgIpc) is 2.67. The minimum Gasteiger partial charge on any atom is -0.348 e. The Balaban J connectivity index is 2.06. The summed E-state index contributed by atoms with van der Waals surface area (Å²) in [4.78, 5) is 32.1. The van der Waals surface area contributed by atoms with Crippen molar-refractivity contribution in [1.82, 2.24) is 15.3 Å². The summed E-state index contributed by atoms with van der Waals surface area (Å²) in [6.45, 7) is 0.813. The number of nitrogens with zero attached hydrogens (tertiary/aromatic N) is 2. The van der Waals surface area contributed by atoms with E-state index in [4.69, 9.17) is 4.84 Å². The highest BCUT2D eigenvalue weighted by Gasteiger charge is 2.22. The van der Waals surface area contributed by atoms with E-state index in [1.165, 1.54) is 39.2 Å². The summed E-state index contributed by atoms with van der Waals surface area (Å²) in [6, 6.07) is 6.89. The van der Waals surface area contributed by atoms with Gasteiger partial charge in [-0.1, -0.05) is 38.2 Å². The molecule has 0 heterocycles. The van der Waals surface area contributed by atoms with Gasteiger partial charge in [-0.2, -0.15) is 0 Å². The second kappa shape index (κ2) is 10.4. The summed E-state index contributed by atoms with van der Waals surface area (Å²) < 4.78 is 0. The smallest absolute Gasteiger partial charge is 0.277 e. The number of likely N-dealkylation sites (N-methyl/N-ethyl adjacent to an activating group) is 1. The van der Waals surface area contributed by atoms with Crippen LogP contribution in [0.3, 0.4) is 0 Å². The van der Waals surface area contributed by atoms with E-state index < -0.39 is 0 Å². The van der Waals surface area contributed by atoms with Crippen molar-refractivity contribution in [3.8, 4) is 0 Å². The topological polar surface area (TPSA) is 61.9 Å². The molecule has 1 aromatic rings.